The molecule has 0 saturated carbocycles. The van der Waals surface area contributed by atoms with Gasteiger partial charge in [-0.2, -0.15) is 0 Å². The standard InChI is InChI=1S/C16H23ClN2O/c1-16(2,3)13-4-6-14(7-5-13)19-10-8-18(9-11-19)12-15(17)20/h4-7H,8-12H2,1-3H3. The van der Waals surface area contributed by atoms with Crippen LogP contribution in [0, 0.1) is 0 Å². The highest BCUT2D eigenvalue weighted by Crippen LogP contribution is 2.25. The fourth-order valence-electron chi connectivity index (χ4n) is 2.51. The van der Waals surface area contributed by atoms with Crippen LogP contribution in [0.25, 0.3) is 0 Å². The predicted octanol–water partition coefficient (Wildman–Crippen LogP) is 2.87. The van der Waals surface area contributed by atoms with Crippen LogP contribution in [-0.2, 0) is 10.2 Å². The maximum Gasteiger partial charge on any atom is 0.235 e. The van der Waals surface area contributed by atoms with Gasteiger partial charge in [-0.3, -0.25) is 9.69 Å². The summed E-state index contributed by atoms with van der Waals surface area (Å²) in [7, 11) is 0. The summed E-state index contributed by atoms with van der Waals surface area (Å²) in [4.78, 5) is 15.4. The summed E-state index contributed by atoms with van der Waals surface area (Å²) < 4.78 is 0. The molecule has 1 aromatic rings. The number of carbonyl (C=O) groups excluding carboxylic acids is 1. The fraction of sp³-hybridized carbons (Fsp3) is 0.562. The number of piperazine rings is 1. The summed E-state index contributed by atoms with van der Waals surface area (Å²) in [5.41, 5.74) is 2.81. The normalized spacial score (nSPS) is 17.3. The molecule has 1 aliphatic heterocycles. The Hall–Kier alpha value is -1.06. The molecule has 0 amide bonds. The van der Waals surface area contributed by atoms with E-state index in [1.165, 1.54) is 11.3 Å². The highest BCUT2D eigenvalue weighted by molar-refractivity contribution is 6.64. The van der Waals surface area contributed by atoms with Crippen LogP contribution in [0.5, 0.6) is 0 Å². The average molecular weight is 295 g/mol. The molecule has 3 nitrogen and oxygen atoms in total. The fourth-order valence-corrected chi connectivity index (χ4v) is 2.68. The molecule has 0 N–H and O–H groups in total. The Labute approximate surface area is 126 Å². The van der Waals surface area contributed by atoms with E-state index in [0.29, 0.717) is 6.54 Å². The van der Waals surface area contributed by atoms with Crippen LogP contribution in [0.15, 0.2) is 24.3 Å². The molecule has 110 valence electrons. The second-order valence-electron chi connectivity index (χ2n) is 6.42. The van der Waals surface area contributed by atoms with Crippen LogP contribution in [-0.4, -0.2) is 42.9 Å². The van der Waals surface area contributed by atoms with Gasteiger partial charge in [0.15, 0.2) is 0 Å². The molecule has 1 saturated heterocycles. The summed E-state index contributed by atoms with van der Waals surface area (Å²) >= 11 is 5.43. The van der Waals surface area contributed by atoms with Crippen molar-refractivity contribution in [3.63, 3.8) is 0 Å². The zero-order chi connectivity index (χ0) is 14.8. The van der Waals surface area contributed by atoms with Crippen LogP contribution in [0.3, 0.4) is 0 Å². The van der Waals surface area contributed by atoms with Gasteiger partial charge >= 0.3 is 0 Å². The molecule has 1 fully saturated rings. The molecular weight excluding hydrogens is 272 g/mol. The first-order valence-electron chi connectivity index (χ1n) is 7.12. The third-order valence-electron chi connectivity index (χ3n) is 3.82. The Kier molecular flexibility index (Phi) is 4.71. The highest BCUT2D eigenvalue weighted by Gasteiger charge is 2.19. The van der Waals surface area contributed by atoms with Gasteiger partial charge in [-0.15, -0.1) is 0 Å². The number of carbonyl (C=O) groups is 1. The van der Waals surface area contributed by atoms with E-state index in [9.17, 15) is 4.79 Å². The molecule has 0 aliphatic carbocycles. The molecule has 0 radical (unpaired) electrons. The van der Waals surface area contributed by atoms with Gasteiger partial charge < -0.3 is 4.90 Å². The third-order valence-corrected chi connectivity index (χ3v) is 3.94. The van der Waals surface area contributed by atoms with Crippen molar-refractivity contribution in [3.05, 3.63) is 29.8 Å². The number of benzene rings is 1. The van der Waals surface area contributed by atoms with Crippen molar-refractivity contribution >= 4 is 22.5 Å². The van der Waals surface area contributed by atoms with Gasteiger partial charge in [-0.1, -0.05) is 32.9 Å². The third kappa shape index (κ3) is 3.97. The van der Waals surface area contributed by atoms with Crippen LogP contribution >= 0.6 is 11.6 Å². The lowest BCUT2D eigenvalue weighted by molar-refractivity contribution is -0.112. The van der Waals surface area contributed by atoms with E-state index < -0.39 is 0 Å². The number of nitrogens with zero attached hydrogens (tertiary/aromatic N) is 2. The maximum atomic E-state index is 10.9. The second kappa shape index (κ2) is 6.15. The first kappa shape index (κ1) is 15.3. The number of hydrogen-bond acceptors (Lipinski definition) is 3. The lowest BCUT2D eigenvalue weighted by atomic mass is 9.87. The largest absolute Gasteiger partial charge is 0.369 e. The number of anilines is 1. The van der Waals surface area contributed by atoms with Gasteiger partial charge in [0.25, 0.3) is 0 Å². The van der Waals surface area contributed by atoms with Crippen LogP contribution in [0.4, 0.5) is 5.69 Å². The van der Waals surface area contributed by atoms with Crippen molar-refractivity contribution in [2.24, 2.45) is 0 Å². The molecule has 1 heterocycles. The number of hydrogen-bond donors (Lipinski definition) is 0. The molecule has 0 bridgehead atoms. The van der Waals surface area contributed by atoms with E-state index in [1.807, 2.05) is 0 Å². The van der Waals surface area contributed by atoms with E-state index >= 15 is 0 Å². The highest BCUT2D eigenvalue weighted by atomic mass is 35.5. The molecule has 0 aromatic heterocycles. The van der Waals surface area contributed by atoms with Crippen molar-refractivity contribution in [1.82, 2.24) is 4.90 Å². The van der Waals surface area contributed by atoms with Crippen LogP contribution in [0.2, 0.25) is 0 Å². The van der Waals surface area contributed by atoms with E-state index in [1.54, 1.807) is 0 Å². The van der Waals surface area contributed by atoms with E-state index in [4.69, 9.17) is 11.6 Å². The molecule has 0 spiro atoms. The van der Waals surface area contributed by atoms with E-state index in [2.05, 4.69) is 54.8 Å². The SMILES string of the molecule is CC(C)(C)c1ccc(N2CCN(CC(=O)Cl)CC2)cc1. The Bertz CT molecular complexity index is 456. The Morgan fingerprint density at radius 2 is 1.65 bits per heavy atom. The second-order valence-corrected chi connectivity index (χ2v) is 6.84. The van der Waals surface area contributed by atoms with Gasteiger partial charge in [0.05, 0.1) is 6.54 Å². The molecule has 1 aromatic carbocycles. The predicted molar refractivity (Wildman–Crippen MR) is 84.7 cm³/mol. The smallest absolute Gasteiger partial charge is 0.235 e. The quantitative estimate of drug-likeness (QED) is 0.801. The Morgan fingerprint density at radius 1 is 1.10 bits per heavy atom. The lowest BCUT2D eigenvalue weighted by Gasteiger charge is -2.35. The van der Waals surface area contributed by atoms with Crippen molar-refractivity contribution in [3.8, 4) is 0 Å². The Morgan fingerprint density at radius 3 is 2.10 bits per heavy atom. The summed E-state index contributed by atoms with van der Waals surface area (Å²) in [6.45, 7) is 10.7. The minimum absolute atomic E-state index is 0.192. The first-order valence-corrected chi connectivity index (χ1v) is 7.50. The van der Waals surface area contributed by atoms with E-state index in [0.717, 1.165) is 26.2 Å². The number of halogens is 1. The minimum Gasteiger partial charge on any atom is -0.369 e. The van der Waals surface area contributed by atoms with Gasteiger partial charge in [-0.05, 0) is 34.7 Å². The van der Waals surface area contributed by atoms with Crippen LogP contribution in [0.1, 0.15) is 26.3 Å². The summed E-state index contributed by atoms with van der Waals surface area (Å²) in [6.07, 6.45) is 0. The monoisotopic (exact) mass is 294 g/mol. The van der Waals surface area contributed by atoms with Crippen molar-refractivity contribution in [2.75, 3.05) is 37.6 Å². The average Bonchev–Trinajstić information content (AvgIpc) is 2.38. The van der Waals surface area contributed by atoms with Gasteiger partial charge in [0, 0.05) is 31.9 Å². The molecule has 1 aliphatic rings. The maximum absolute atomic E-state index is 10.9. The lowest BCUT2D eigenvalue weighted by Crippen LogP contribution is -2.47. The zero-order valence-electron chi connectivity index (χ0n) is 12.5. The first-order chi connectivity index (χ1) is 9.36. The van der Waals surface area contributed by atoms with Gasteiger partial charge in [0.1, 0.15) is 0 Å². The molecule has 2 rings (SSSR count). The summed E-state index contributed by atoms with van der Waals surface area (Å²) in [5.74, 6) is 0. The molecule has 0 unspecified atom stereocenters. The molecular formula is C16H23ClN2O. The minimum atomic E-state index is -0.270. The van der Waals surface area contributed by atoms with Crippen molar-refractivity contribution < 1.29 is 4.79 Å². The zero-order valence-corrected chi connectivity index (χ0v) is 13.3. The van der Waals surface area contributed by atoms with Gasteiger partial charge in [0.2, 0.25) is 5.24 Å². The molecule has 4 heteroatoms. The topological polar surface area (TPSA) is 23.6 Å². The summed E-state index contributed by atoms with van der Waals surface area (Å²) in [6, 6.07) is 8.82. The summed E-state index contributed by atoms with van der Waals surface area (Å²) in [5, 5.41) is -0.270. The number of rotatable bonds is 3. The van der Waals surface area contributed by atoms with Gasteiger partial charge in [-0.25, -0.2) is 0 Å². The van der Waals surface area contributed by atoms with Crippen LogP contribution < -0.4 is 4.90 Å². The van der Waals surface area contributed by atoms with Crippen molar-refractivity contribution in [1.29, 1.82) is 0 Å². The van der Waals surface area contributed by atoms with E-state index in [-0.39, 0.29) is 10.7 Å². The molecule has 0 atom stereocenters. The Balaban J connectivity index is 1.95. The molecule has 20 heavy (non-hydrogen) atoms. The van der Waals surface area contributed by atoms with Crippen molar-refractivity contribution in [2.45, 2.75) is 26.2 Å².